The van der Waals surface area contributed by atoms with Crippen LogP contribution in [0.5, 0.6) is 0 Å². The van der Waals surface area contributed by atoms with Crippen LogP contribution in [0, 0.1) is 0 Å². The Morgan fingerprint density at radius 1 is 1.03 bits per heavy atom. The fourth-order valence-electron chi connectivity index (χ4n) is 3.68. The van der Waals surface area contributed by atoms with Crippen LogP contribution in [0.4, 0.5) is 11.5 Å². The van der Waals surface area contributed by atoms with Crippen molar-refractivity contribution in [3.05, 3.63) is 72.3 Å². The number of amides is 1. The number of hydrogen-bond donors (Lipinski definition) is 1. The lowest BCUT2D eigenvalue weighted by molar-refractivity contribution is -0.117. The van der Waals surface area contributed by atoms with E-state index in [9.17, 15) is 4.79 Å². The summed E-state index contributed by atoms with van der Waals surface area (Å²) in [6, 6.07) is 21.6. The smallest absolute Gasteiger partial charge is 0.231 e. The summed E-state index contributed by atoms with van der Waals surface area (Å²) in [5.74, 6) is 0.678. The average molecular weight is 402 g/mol. The van der Waals surface area contributed by atoms with Gasteiger partial charge >= 0.3 is 0 Å². The van der Waals surface area contributed by atoms with Crippen LogP contribution in [-0.2, 0) is 9.53 Å². The summed E-state index contributed by atoms with van der Waals surface area (Å²) >= 11 is 0. The summed E-state index contributed by atoms with van der Waals surface area (Å²) in [7, 11) is 0. The van der Waals surface area contributed by atoms with Gasteiger partial charge in [0.2, 0.25) is 5.91 Å². The molecule has 1 aliphatic rings. The summed E-state index contributed by atoms with van der Waals surface area (Å²) in [5, 5.41) is 11.8. The van der Waals surface area contributed by atoms with Crippen LogP contribution in [0.1, 0.15) is 24.8 Å². The molecule has 0 spiro atoms. The van der Waals surface area contributed by atoms with Crippen molar-refractivity contribution in [3.63, 3.8) is 0 Å². The molecule has 2 heterocycles. The van der Waals surface area contributed by atoms with Gasteiger partial charge in [-0.25, -0.2) is 0 Å². The van der Waals surface area contributed by atoms with Crippen LogP contribution < -0.4 is 10.2 Å². The summed E-state index contributed by atoms with van der Waals surface area (Å²) in [6.07, 6.45) is 0.740. The minimum absolute atomic E-state index is 0.00500. The lowest BCUT2D eigenvalue weighted by Gasteiger charge is -2.27. The van der Waals surface area contributed by atoms with E-state index in [1.807, 2.05) is 73.7 Å². The number of nitrogens with one attached hydrogen (secondary N) is 1. The summed E-state index contributed by atoms with van der Waals surface area (Å²) in [6.45, 7) is 5.12. The Kier molecular flexibility index (Phi) is 6.35. The number of morpholine rings is 1. The molecule has 3 aromatic rings. The van der Waals surface area contributed by atoms with Gasteiger partial charge in [0.25, 0.3) is 0 Å². The van der Waals surface area contributed by atoms with Gasteiger partial charge in [0.05, 0.1) is 24.8 Å². The van der Waals surface area contributed by atoms with Gasteiger partial charge in [-0.15, -0.1) is 10.2 Å². The van der Waals surface area contributed by atoms with Crippen molar-refractivity contribution in [2.75, 3.05) is 36.5 Å². The zero-order valence-electron chi connectivity index (χ0n) is 17.1. The third-order valence-electron chi connectivity index (χ3n) is 5.34. The van der Waals surface area contributed by atoms with Crippen LogP contribution in [-0.4, -0.2) is 42.4 Å². The molecule has 0 bridgehead atoms. The minimum atomic E-state index is -0.178. The molecule has 1 fully saturated rings. The first-order valence-corrected chi connectivity index (χ1v) is 10.4. The maximum atomic E-state index is 12.9. The minimum Gasteiger partial charge on any atom is -0.378 e. The normalized spacial score (nSPS) is 14.9. The van der Waals surface area contributed by atoms with E-state index >= 15 is 0 Å². The highest BCUT2D eigenvalue weighted by Gasteiger charge is 2.19. The fourth-order valence-corrected chi connectivity index (χ4v) is 3.68. The molecule has 30 heavy (non-hydrogen) atoms. The van der Waals surface area contributed by atoms with Crippen LogP contribution in [0.25, 0.3) is 11.3 Å². The molecular formula is C24H26N4O2. The van der Waals surface area contributed by atoms with E-state index in [1.54, 1.807) is 0 Å². The molecule has 2 aromatic carbocycles. The van der Waals surface area contributed by atoms with Crippen molar-refractivity contribution in [1.82, 2.24) is 10.2 Å². The number of ether oxygens (including phenoxy) is 1. The number of benzene rings is 2. The van der Waals surface area contributed by atoms with Gasteiger partial charge in [0.1, 0.15) is 0 Å². The highest BCUT2D eigenvalue weighted by molar-refractivity contribution is 5.96. The molecule has 1 N–H and O–H groups in total. The van der Waals surface area contributed by atoms with Gasteiger partial charge in [-0.3, -0.25) is 4.79 Å². The van der Waals surface area contributed by atoms with Crippen LogP contribution in [0.2, 0.25) is 0 Å². The number of carbonyl (C=O) groups is 1. The molecule has 6 heteroatoms. The fraction of sp³-hybridized carbons (Fsp3) is 0.292. The zero-order valence-corrected chi connectivity index (χ0v) is 17.1. The quantitative estimate of drug-likeness (QED) is 0.672. The summed E-state index contributed by atoms with van der Waals surface area (Å²) in [4.78, 5) is 15.0. The Balaban J connectivity index is 1.47. The molecule has 0 saturated carbocycles. The van der Waals surface area contributed by atoms with Crippen molar-refractivity contribution in [2.24, 2.45) is 0 Å². The van der Waals surface area contributed by atoms with E-state index in [2.05, 4.69) is 20.4 Å². The molecule has 1 amide bonds. The highest BCUT2D eigenvalue weighted by atomic mass is 16.5. The molecule has 1 unspecified atom stereocenters. The van der Waals surface area contributed by atoms with Crippen molar-refractivity contribution >= 4 is 17.4 Å². The second kappa shape index (κ2) is 9.50. The maximum absolute atomic E-state index is 12.9. The van der Waals surface area contributed by atoms with Gasteiger partial charge in [0, 0.05) is 24.3 Å². The molecule has 1 atom stereocenters. The van der Waals surface area contributed by atoms with E-state index in [1.165, 1.54) is 0 Å². The van der Waals surface area contributed by atoms with Gasteiger partial charge in [-0.2, -0.15) is 0 Å². The molecule has 154 valence electrons. The van der Waals surface area contributed by atoms with Gasteiger partial charge in [0.15, 0.2) is 5.82 Å². The predicted molar refractivity (Wildman–Crippen MR) is 119 cm³/mol. The van der Waals surface area contributed by atoms with E-state index in [-0.39, 0.29) is 11.8 Å². The third-order valence-corrected chi connectivity index (χ3v) is 5.34. The SMILES string of the molecule is CCC(C(=O)Nc1cccc(-c2ccc(N3CCOCC3)nn2)c1)c1ccccc1. The maximum Gasteiger partial charge on any atom is 0.231 e. The van der Waals surface area contributed by atoms with Crippen LogP contribution in [0.3, 0.4) is 0 Å². The Bertz CT molecular complexity index is 970. The lowest BCUT2D eigenvalue weighted by atomic mass is 9.95. The van der Waals surface area contributed by atoms with Crippen molar-refractivity contribution in [1.29, 1.82) is 0 Å². The molecule has 4 rings (SSSR count). The molecule has 0 radical (unpaired) electrons. The lowest BCUT2D eigenvalue weighted by Crippen LogP contribution is -2.36. The van der Waals surface area contributed by atoms with E-state index in [0.29, 0.717) is 13.2 Å². The predicted octanol–water partition coefficient (Wildman–Crippen LogP) is 4.11. The van der Waals surface area contributed by atoms with Gasteiger partial charge in [-0.1, -0.05) is 49.4 Å². The zero-order chi connectivity index (χ0) is 20.8. The number of hydrogen-bond acceptors (Lipinski definition) is 5. The molecule has 6 nitrogen and oxygen atoms in total. The van der Waals surface area contributed by atoms with Crippen LogP contribution in [0.15, 0.2) is 66.7 Å². The topological polar surface area (TPSA) is 67.4 Å². The molecule has 1 saturated heterocycles. The second-order valence-electron chi connectivity index (χ2n) is 7.32. The standard InChI is InChI=1S/C24H26N4O2/c1-2-21(18-7-4-3-5-8-18)24(29)25-20-10-6-9-19(17-20)22-11-12-23(27-26-22)28-13-15-30-16-14-28/h3-12,17,21H,2,13-16H2,1H3,(H,25,29). The number of carbonyl (C=O) groups excluding carboxylic acids is 1. The monoisotopic (exact) mass is 402 g/mol. The largest absolute Gasteiger partial charge is 0.378 e. The Labute approximate surface area is 176 Å². The Morgan fingerprint density at radius 3 is 2.53 bits per heavy atom. The van der Waals surface area contributed by atoms with E-state index in [4.69, 9.17) is 4.74 Å². The molecule has 1 aliphatic heterocycles. The van der Waals surface area contributed by atoms with Gasteiger partial charge in [-0.05, 0) is 36.2 Å². The van der Waals surface area contributed by atoms with E-state index in [0.717, 1.165) is 47.8 Å². The molecule has 0 aliphatic carbocycles. The number of anilines is 2. The third kappa shape index (κ3) is 4.66. The Hall–Kier alpha value is -3.25. The number of aromatic nitrogens is 2. The van der Waals surface area contributed by atoms with Crippen molar-refractivity contribution in [3.8, 4) is 11.3 Å². The number of nitrogens with zero attached hydrogens (tertiary/aromatic N) is 3. The second-order valence-corrected chi connectivity index (χ2v) is 7.32. The number of rotatable bonds is 6. The van der Waals surface area contributed by atoms with Crippen molar-refractivity contribution < 1.29 is 9.53 Å². The molecular weight excluding hydrogens is 376 g/mol. The highest BCUT2D eigenvalue weighted by Crippen LogP contribution is 2.25. The first kappa shape index (κ1) is 20.0. The van der Waals surface area contributed by atoms with Crippen LogP contribution >= 0.6 is 0 Å². The average Bonchev–Trinajstić information content (AvgIpc) is 2.81. The first-order valence-electron chi connectivity index (χ1n) is 10.4. The first-order chi connectivity index (χ1) is 14.7. The van der Waals surface area contributed by atoms with E-state index < -0.39 is 0 Å². The summed E-state index contributed by atoms with van der Waals surface area (Å²) in [5.41, 5.74) is 3.48. The molecule has 1 aromatic heterocycles. The summed E-state index contributed by atoms with van der Waals surface area (Å²) < 4.78 is 5.39. The Morgan fingerprint density at radius 2 is 1.83 bits per heavy atom. The van der Waals surface area contributed by atoms with Crippen molar-refractivity contribution in [2.45, 2.75) is 19.3 Å². The van der Waals surface area contributed by atoms with Gasteiger partial charge < -0.3 is 15.0 Å².